The molecule has 0 N–H and O–H groups in total. The summed E-state index contributed by atoms with van der Waals surface area (Å²) < 4.78 is 2.78. The van der Waals surface area contributed by atoms with Crippen molar-refractivity contribution in [3.8, 4) is 0 Å². The molecule has 1 aliphatic rings. The smallest absolute Gasteiger partial charge is 0.331 e. The number of para-hydroxylation sites is 1. The second-order valence-corrected chi connectivity index (χ2v) is 8.17. The number of benzene rings is 1. The fourth-order valence-electron chi connectivity index (χ4n) is 4.09. The molecule has 1 aromatic heterocycles. The number of nitrogens with zero attached hydrogens (tertiary/aromatic N) is 3. The van der Waals surface area contributed by atoms with E-state index in [1.165, 1.54) is 9.13 Å². The van der Waals surface area contributed by atoms with Crippen molar-refractivity contribution in [3.63, 3.8) is 0 Å². The predicted octanol–water partition coefficient (Wildman–Crippen LogP) is 3.00. The van der Waals surface area contributed by atoms with Crippen LogP contribution in [0.25, 0.3) is 10.9 Å². The molecule has 0 spiro atoms. The average Bonchev–Trinajstić information content (AvgIpc) is 2.70. The second kappa shape index (κ2) is 8.76. The van der Waals surface area contributed by atoms with Crippen molar-refractivity contribution in [1.29, 1.82) is 0 Å². The number of hydrogen-bond acceptors (Lipinski definition) is 3. The quantitative estimate of drug-likeness (QED) is 0.768. The third-order valence-corrected chi connectivity index (χ3v) is 5.77. The molecule has 0 saturated carbocycles. The predicted molar refractivity (Wildman–Crippen MR) is 112 cm³/mol. The van der Waals surface area contributed by atoms with E-state index in [9.17, 15) is 14.4 Å². The van der Waals surface area contributed by atoms with Crippen molar-refractivity contribution in [2.24, 2.45) is 5.92 Å². The maximum atomic E-state index is 13.1. The van der Waals surface area contributed by atoms with E-state index in [4.69, 9.17) is 0 Å². The van der Waals surface area contributed by atoms with E-state index >= 15 is 0 Å². The van der Waals surface area contributed by atoms with Crippen LogP contribution >= 0.6 is 0 Å². The Hall–Kier alpha value is -2.37. The van der Waals surface area contributed by atoms with E-state index in [1.54, 1.807) is 24.3 Å². The lowest BCUT2D eigenvalue weighted by Crippen LogP contribution is -2.47. The number of carbonyl (C=O) groups is 1. The van der Waals surface area contributed by atoms with E-state index in [2.05, 4.69) is 20.8 Å². The van der Waals surface area contributed by atoms with Crippen LogP contribution in [0.3, 0.4) is 0 Å². The van der Waals surface area contributed by atoms with Gasteiger partial charge in [-0.2, -0.15) is 0 Å². The molecule has 2 aromatic rings. The Morgan fingerprint density at radius 2 is 1.89 bits per heavy atom. The van der Waals surface area contributed by atoms with Gasteiger partial charge in [0.1, 0.15) is 6.54 Å². The van der Waals surface area contributed by atoms with Crippen LogP contribution in [-0.2, 0) is 17.9 Å². The molecule has 1 fully saturated rings. The summed E-state index contributed by atoms with van der Waals surface area (Å²) in [6.07, 6.45) is 4.84. The normalized spacial score (nSPS) is 17.4. The van der Waals surface area contributed by atoms with E-state index < -0.39 is 0 Å². The minimum absolute atomic E-state index is 0.0161. The van der Waals surface area contributed by atoms with Crippen LogP contribution in [0, 0.1) is 5.92 Å². The number of piperidine rings is 1. The number of aromatic nitrogens is 2. The molecular weight excluding hydrogens is 354 g/mol. The summed E-state index contributed by atoms with van der Waals surface area (Å²) in [5, 5.41) is 0.490. The van der Waals surface area contributed by atoms with E-state index in [0.717, 1.165) is 38.6 Å². The molecule has 1 saturated heterocycles. The fourth-order valence-corrected chi connectivity index (χ4v) is 4.09. The molecule has 1 aliphatic heterocycles. The lowest BCUT2D eigenvalue weighted by Gasteiger charge is -2.35. The highest BCUT2D eigenvalue weighted by molar-refractivity contribution is 5.81. The molecule has 1 atom stereocenters. The van der Waals surface area contributed by atoms with Gasteiger partial charge in [-0.25, -0.2) is 4.79 Å². The number of carbonyl (C=O) groups excluding carboxylic acids is 1. The number of hydrogen-bond donors (Lipinski definition) is 0. The number of likely N-dealkylation sites (tertiary alicyclic amines) is 1. The number of fused-ring (bicyclic) bond motifs is 1. The zero-order chi connectivity index (χ0) is 20.3. The fraction of sp³-hybridized carbons (Fsp3) is 0.591. The van der Waals surface area contributed by atoms with Crippen LogP contribution in [0.15, 0.2) is 33.9 Å². The zero-order valence-corrected chi connectivity index (χ0v) is 17.2. The molecule has 6 heteroatoms. The van der Waals surface area contributed by atoms with Gasteiger partial charge in [0.15, 0.2) is 0 Å². The first-order valence-corrected chi connectivity index (χ1v) is 10.5. The topological polar surface area (TPSA) is 64.3 Å². The SMILES string of the molecule is CC[C@@H]1CCCCN1C(=O)Cn1c(=O)n(CCC(C)C)c(=O)c2ccccc21. The molecule has 1 amide bonds. The van der Waals surface area contributed by atoms with Crippen molar-refractivity contribution in [2.75, 3.05) is 6.54 Å². The highest BCUT2D eigenvalue weighted by Gasteiger charge is 2.26. The first kappa shape index (κ1) is 20.4. The summed E-state index contributed by atoms with van der Waals surface area (Å²) in [6, 6.07) is 7.34. The minimum Gasteiger partial charge on any atom is -0.338 e. The summed E-state index contributed by atoms with van der Waals surface area (Å²) >= 11 is 0. The average molecular weight is 386 g/mol. The molecule has 152 valence electrons. The highest BCUT2D eigenvalue weighted by Crippen LogP contribution is 2.20. The van der Waals surface area contributed by atoms with Gasteiger partial charge in [0, 0.05) is 19.1 Å². The molecule has 0 bridgehead atoms. The van der Waals surface area contributed by atoms with Crippen molar-refractivity contribution < 1.29 is 4.79 Å². The Morgan fingerprint density at radius 3 is 2.61 bits per heavy atom. The van der Waals surface area contributed by atoms with Crippen LogP contribution < -0.4 is 11.2 Å². The Bertz CT molecular complexity index is 958. The first-order chi connectivity index (χ1) is 13.4. The van der Waals surface area contributed by atoms with Gasteiger partial charge in [-0.1, -0.05) is 32.9 Å². The van der Waals surface area contributed by atoms with E-state index in [0.29, 0.717) is 23.4 Å². The van der Waals surface area contributed by atoms with E-state index in [-0.39, 0.29) is 29.7 Å². The van der Waals surface area contributed by atoms with Gasteiger partial charge in [0.05, 0.1) is 10.9 Å². The largest absolute Gasteiger partial charge is 0.338 e. The molecule has 6 nitrogen and oxygen atoms in total. The van der Waals surface area contributed by atoms with Gasteiger partial charge in [-0.3, -0.25) is 18.7 Å². The Kier molecular flexibility index (Phi) is 6.37. The van der Waals surface area contributed by atoms with Gasteiger partial charge < -0.3 is 4.90 Å². The lowest BCUT2D eigenvalue weighted by atomic mass is 10.00. The van der Waals surface area contributed by atoms with Crippen LogP contribution in [-0.4, -0.2) is 32.5 Å². The summed E-state index contributed by atoms with van der Waals surface area (Å²) in [5.74, 6) is 0.347. The summed E-state index contributed by atoms with van der Waals surface area (Å²) in [4.78, 5) is 41.0. The van der Waals surface area contributed by atoms with Gasteiger partial charge in [0.25, 0.3) is 5.56 Å². The summed E-state index contributed by atoms with van der Waals surface area (Å²) in [5.41, 5.74) is -0.117. The molecular formula is C22H31N3O3. The van der Waals surface area contributed by atoms with E-state index in [1.807, 2.05) is 4.90 Å². The standard InChI is InChI=1S/C22H31N3O3/c1-4-17-9-7-8-13-23(17)20(26)15-25-19-11-6-5-10-18(19)21(27)24(22(25)28)14-12-16(2)3/h5-6,10-11,16-17H,4,7-9,12-15H2,1-3H3/t17-/m1/s1. The molecule has 0 radical (unpaired) electrons. The van der Waals surface area contributed by atoms with Gasteiger partial charge in [0.2, 0.25) is 5.91 Å². The third kappa shape index (κ3) is 4.05. The molecule has 28 heavy (non-hydrogen) atoms. The lowest BCUT2D eigenvalue weighted by molar-refractivity contribution is -0.135. The number of rotatable bonds is 6. The molecule has 0 unspecified atom stereocenters. The minimum atomic E-state index is -0.386. The van der Waals surface area contributed by atoms with Crippen LogP contribution in [0.5, 0.6) is 0 Å². The van der Waals surface area contributed by atoms with Gasteiger partial charge in [-0.05, 0) is 50.2 Å². The zero-order valence-electron chi connectivity index (χ0n) is 17.2. The summed E-state index contributed by atoms with van der Waals surface area (Å²) in [6.45, 7) is 7.33. The first-order valence-electron chi connectivity index (χ1n) is 10.5. The van der Waals surface area contributed by atoms with Crippen LogP contribution in [0.4, 0.5) is 0 Å². The highest BCUT2D eigenvalue weighted by atomic mass is 16.2. The van der Waals surface area contributed by atoms with Gasteiger partial charge >= 0.3 is 5.69 Å². The van der Waals surface area contributed by atoms with Crippen LogP contribution in [0.1, 0.15) is 52.9 Å². The molecule has 1 aromatic carbocycles. The monoisotopic (exact) mass is 385 g/mol. The van der Waals surface area contributed by atoms with Crippen LogP contribution in [0.2, 0.25) is 0 Å². The Balaban J connectivity index is 2.03. The summed E-state index contributed by atoms with van der Waals surface area (Å²) in [7, 11) is 0. The van der Waals surface area contributed by atoms with Crippen molar-refractivity contribution in [3.05, 3.63) is 45.1 Å². The van der Waals surface area contributed by atoms with Crippen molar-refractivity contribution >= 4 is 16.8 Å². The molecule has 2 heterocycles. The maximum absolute atomic E-state index is 13.1. The number of amides is 1. The van der Waals surface area contributed by atoms with Crippen molar-refractivity contribution in [1.82, 2.24) is 14.0 Å². The van der Waals surface area contributed by atoms with Gasteiger partial charge in [-0.15, -0.1) is 0 Å². The third-order valence-electron chi connectivity index (χ3n) is 5.77. The maximum Gasteiger partial charge on any atom is 0.331 e. The Labute approximate surface area is 165 Å². The molecule has 0 aliphatic carbocycles. The second-order valence-electron chi connectivity index (χ2n) is 8.17. The Morgan fingerprint density at radius 1 is 1.14 bits per heavy atom. The molecule has 3 rings (SSSR count). The van der Waals surface area contributed by atoms with Crippen molar-refractivity contribution in [2.45, 2.75) is 72.0 Å².